The van der Waals surface area contributed by atoms with Crippen molar-refractivity contribution in [1.82, 2.24) is 0 Å². The fourth-order valence-electron chi connectivity index (χ4n) is 2.10. The normalized spacial score (nSPS) is 22.6. The molecule has 1 atom stereocenters. The molecule has 2 bridgehead atoms. The average Bonchev–Trinajstić information content (AvgIpc) is 2.39. The van der Waals surface area contributed by atoms with Crippen molar-refractivity contribution in [2.24, 2.45) is 0 Å². The Morgan fingerprint density at radius 3 is 2.93 bits per heavy atom. The molecule has 1 unspecified atom stereocenters. The molecule has 0 nitrogen and oxygen atoms in total. The molecule has 1 heterocycles. The van der Waals surface area contributed by atoms with E-state index in [1.807, 2.05) is 11.8 Å². The SMILES string of the molecule is CC1=C2C=CC=CC1Sc1ccccc12. The third-order valence-corrected chi connectivity index (χ3v) is 4.32. The molecule has 3 rings (SSSR count). The van der Waals surface area contributed by atoms with E-state index in [4.69, 9.17) is 0 Å². The first-order valence-electron chi connectivity index (χ1n) is 5.18. The molecule has 1 aromatic rings. The number of benzene rings is 1. The first-order chi connectivity index (χ1) is 7.36. The van der Waals surface area contributed by atoms with Gasteiger partial charge in [0.05, 0.1) is 0 Å². The van der Waals surface area contributed by atoms with Crippen LogP contribution in [-0.2, 0) is 0 Å². The van der Waals surface area contributed by atoms with Gasteiger partial charge in [0, 0.05) is 10.1 Å². The standard InChI is InChI=1S/C14H12S/c1-10-11-6-2-4-8-13(10)15-14-9-5-3-7-12(11)14/h2-9,13H,1H3. The van der Waals surface area contributed by atoms with Gasteiger partial charge >= 0.3 is 0 Å². The van der Waals surface area contributed by atoms with Crippen molar-refractivity contribution in [3.63, 3.8) is 0 Å². The molecule has 2 aliphatic rings. The summed E-state index contributed by atoms with van der Waals surface area (Å²) in [6.45, 7) is 2.24. The van der Waals surface area contributed by atoms with Crippen LogP contribution >= 0.6 is 11.8 Å². The zero-order chi connectivity index (χ0) is 10.3. The highest BCUT2D eigenvalue weighted by atomic mass is 32.2. The summed E-state index contributed by atoms with van der Waals surface area (Å²) >= 11 is 1.95. The molecule has 1 heteroatoms. The molecule has 0 saturated carbocycles. The highest BCUT2D eigenvalue weighted by Crippen LogP contribution is 2.43. The van der Waals surface area contributed by atoms with Crippen LogP contribution in [0.25, 0.3) is 5.57 Å². The lowest BCUT2D eigenvalue weighted by molar-refractivity contribution is 1.20. The van der Waals surface area contributed by atoms with E-state index < -0.39 is 0 Å². The molecule has 0 amide bonds. The Bertz CT molecular complexity index is 492. The Labute approximate surface area is 94.4 Å². The molecule has 1 aliphatic heterocycles. The maximum Gasteiger partial charge on any atom is 0.0493 e. The zero-order valence-corrected chi connectivity index (χ0v) is 9.42. The van der Waals surface area contributed by atoms with Crippen molar-refractivity contribution >= 4 is 17.3 Å². The monoisotopic (exact) mass is 212 g/mol. The third-order valence-electron chi connectivity index (χ3n) is 2.94. The van der Waals surface area contributed by atoms with Crippen molar-refractivity contribution in [1.29, 1.82) is 0 Å². The van der Waals surface area contributed by atoms with E-state index in [9.17, 15) is 0 Å². The van der Waals surface area contributed by atoms with Crippen molar-refractivity contribution in [2.45, 2.75) is 17.1 Å². The van der Waals surface area contributed by atoms with Crippen LogP contribution in [0.5, 0.6) is 0 Å². The number of fused-ring (bicyclic) bond motifs is 3. The Kier molecular flexibility index (Phi) is 2.06. The molecule has 1 aromatic carbocycles. The van der Waals surface area contributed by atoms with Gasteiger partial charge in [-0.15, -0.1) is 11.8 Å². The second-order valence-electron chi connectivity index (χ2n) is 3.88. The molecular weight excluding hydrogens is 200 g/mol. The summed E-state index contributed by atoms with van der Waals surface area (Å²) in [5.41, 5.74) is 4.26. The summed E-state index contributed by atoms with van der Waals surface area (Å²) in [7, 11) is 0. The quantitative estimate of drug-likeness (QED) is 0.625. The summed E-state index contributed by atoms with van der Waals surface area (Å²) in [4.78, 5) is 1.40. The maximum atomic E-state index is 2.28. The van der Waals surface area contributed by atoms with Crippen LogP contribution in [0, 0.1) is 0 Å². The van der Waals surface area contributed by atoms with E-state index in [1.165, 1.54) is 21.6 Å². The molecule has 0 radical (unpaired) electrons. The van der Waals surface area contributed by atoms with Crippen LogP contribution < -0.4 is 0 Å². The third kappa shape index (κ3) is 1.38. The summed E-state index contributed by atoms with van der Waals surface area (Å²) in [5, 5.41) is 0.518. The van der Waals surface area contributed by atoms with E-state index >= 15 is 0 Å². The summed E-state index contributed by atoms with van der Waals surface area (Å²) < 4.78 is 0. The van der Waals surface area contributed by atoms with Gasteiger partial charge in [0.15, 0.2) is 0 Å². The summed E-state index contributed by atoms with van der Waals surface area (Å²) in [6, 6.07) is 8.66. The maximum absolute atomic E-state index is 2.28. The van der Waals surface area contributed by atoms with Gasteiger partial charge in [-0.2, -0.15) is 0 Å². The highest BCUT2D eigenvalue weighted by Gasteiger charge is 2.22. The number of rotatable bonds is 0. The van der Waals surface area contributed by atoms with Crippen LogP contribution in [0.15, 0.2) is 59.0 Å². The van der Waals surface area contributed by atoms with Gasteiger partial charge in [-0.05, 0) is 29.7 Å². The lowest BCUT2D eigenvalue weighted by Gasteiger charge is -2.24. The summed E-state index contributed by atoms with van der Waals surface area (Å²) in [5.74, 6) is 0. The molecule has 0 spiro atoms. The molecule has 74 valence electrons. The molecule has 15 heavy (non-hydrogen) atoms. The average molecular weight is 212 g/mol. The molecule has 1 aliphatic carbocycles. The fraction of sp³-hybridized carbons (Fsp3) is 0.143. The van der Waals surface area contributed by atoms with Gasteiger partial charge in [-0.3, -0.25) is 0 Å². The second kappa shape index (κ2) is 3.42. The van der Waals surface area contributed by atoms with Gasteiger partial charge in [-0.25, -0.2) is 0 Å². The number of hydrogen-bond acceptors (Lipinski definition) is 1. The first-order valence-corrected chi connectivity index (χ1v) is 6.06. The Hall–Kier alpha value is -1.21. The van der Waals surface area contributed by atoms with Gasteiger partial charge in [0.2, 0.25) is 0 Å². The van der Waals surface area contributed by atoms with E-state index in [0.29, 0.717) is 5.25 Å². The van der Waals surface area contributed by atoms with Crippen LogP contribution in [0.3, 0.4) is 0 Å². The predicted molar refractivity (Wildman–Crippen MR) is 67.0 cm³/mol. The molecule has 0 aromatic heterocycles. The van der Waals surface area contributed by atoms with Crippen molar-refractivity contribution in [3.05, 3.63) is 59.7 Å². The van der Waals surface area contributed by atoms with Crippen LogP contribution in [-0.4, -0.2) is 5.25 Å². The Morgan fingerprint density at radius 2 is 2.00 bits per heavy atom. The van der Waals surface area contributed by atoms with Crippen LogP contribution in [0.2, 0.25) is 0 Å². The zero-order valence-electron chi connectivity index (χ0n) is 8.60. The summed E-state index contributed by atoms with van der Waals surface area (Å²) in [6.07, 6.45) is 8.80. The van der Waals surface area contributed by atoms with Gasteiger partial charge in [-0.1, -0.05) is 42.5 Å². The van der Waals surface area contributed by atoms with E-state index in [1.54, 1.807) is 0 Å². The van der Waals surface area contributed by atoms with Crippen LogP contribution in [0.4, 0.5) is 0 Å². The number of hydrogen-bond donors (Lipinski definition) is 0. The predicted octanol–water partition coefficient (Wildman–Crippen LogP) is 4.06. The highest BCUT2D eigenvalue weighted by molar-refractivity contribution is 8.00. The van der Waals surface area contributed by atoms with Crippen molar-refractivity contribution < 1.29 is 0 Å². The van der Waals surface area contributed by atoms with E-state index in [2.05, 4.69) is 55.5 Å². The van der Waals surface area contributed by atoms with Crippen LogP contribution in [0.1, 0.15) is 12.5 Å². The van der Waals surface area contributed by atoms with Gasteiger partial charge < -0.3 is 0 Å². The topological polar surface area (TPSA) is 0 Å². The molecule has 0 fully saturated rings. The van der Waals surface area contributed by atoms with Crippen molar-refractivity contribution in [3.8, 4) is 0 Å². The van der Waals surface area contributed by atoms with Gasteiger partial charge in [0.25, 0.3) is 0 Å². The van der Waals surface area contributed by atoms with Gasteiger partial charge in [0.1, 0.15) is 0 Å². The molecular formula is C14H12S. The number of thioether (sulfide) groups is 1. The minimum Gasteiger partial charge on any atom is -0.113 e. The number of allylic oxidation sites excluding steroid dienone is 4. The lowest BCUT2D eigenvalue weighted by Crippen LogP contribution is -2.07. The Morgan fingerprint density at radius 1 is 1.13 bits per heavy atom. The minimum atomic E-state index is 0.518. The second-order valence-corrected chi connectivity index (χ2v) is 5.06. The smallest absolute Gasteiger partial charge is 0.0493 e. The largest absolute Gasteiger partial charge is 0.113 e. The lowest BCUT2D eigenvalue weighted by atomic mass is 9.98. The molecule has 0 N–H and O–H groups in total. The van der Waals surface area contributed by atoms with Crippen molar-refractivity contribution in [2.75, 3.05) is 0 Å². The first kappa shape index (κ1) is 9.05. The Balaban J connectivity index is 2.26. The van der Waals surface area contributed by atoms with E-state index in [0.717, 1.165) is 0 Å². The molecule has 0 saturated heterocycles. The van der Waals surface area contributed by atoms with E-state index in [-0.39, 0.29) is 0 Å². The minimum absolute atomic E-state index is 0.518. The fourth-order valence-corrected chi connectivity index (χ4v) is 3.31.